The Morgan fingerprint density at radius 1 is 1.65 bits per heavy atom. The zero-order chi connectivity index (χ0) is 12.8. The molecule has 1 rings (SSSR count). The Balaban J connectivity index is 2.72. The molecule has 0 aliphatic heterocycles. The lowest BCUT2D eigenvalue weighted by atomic mass is 10.1. The predicted molar refractivity (Wildman–Crippen MR) is 69.8 cm³/mol. The van der Waals surface area contributed by atoms with E-state index in [1.807, 2.05) is 0 Å². The highest BCUT2D eigenvalue weighted by Crippen LogP contribution is 2.25. The van der Waals surface area contributed by atoms with E-state index in [9.17, 15) is 0 Å². The molecule has 4 nitrogen and oxygen atoms in total. The van der Waals surface area contributed by atoms with E-state index >= 15 is 0 Å². The van der Waals surface area contributed by atoms with Crippen LogP contribution in [0.1, 0.15) is 32.3 Å². The number of halogens is 1. The number of hydrogen-bond donors (Lipinski definition) is 2. The normalized spacial score (nSPS) is 12.2. The molecule has 17 heavy (non-hydrogen) atoms. The minimum absolute atomic E-state index is 0.0798. The van der Waals surface area contributed by atoms with Crippen LogP contribution in [0.3, 0.4) is 0 Å². The monoisotopic (exact) mass is 255 g/mol. The number of nitrogens with two attached hydrogens (primary N) is 1. The average Bonchev–Trinajstić information content (AvgIpc) is 2.27. The van der Waals surface area contributed by atoms with E-state index in [2.05, 4.69) is 18.8 Å². The van der Waals surface area contributed by atoms with E-state index in [0.717, 1.165) is 12.8 Å². The van der Waals surface area contributed by atoms with E-state index in [-0.39, 0.29) is 5.84 Å². The van der Waals surface area contributed by atoms with Gasteiger partial charge in [-0.15, -0.1) is 0 Å². The number of nitrogen functional groups attached to an aromatic ring is 1. The van der Waals surface area contributed by atoms with Gasteiger partial charge in [-0.25, -0.2) is 4.98 Å². The van der Waals surface area contributed by atoms with Crippen LogP contribution in [0.25, 0.3) is 0 Å². The van der Waals surface area contributed by atoms with Crippen molar-refractivity contribution < 1.29 is 4.74 Å². The molecule has 0 saturated carbocycles. The summed E-state index contributed by atoms with van der Waals surface area (Å²) in [6.45, 7) is 4.83. The number of nitrogens with one attached hydrogen (secondary N) is 1. The van der Waals surface area contributed by atoms with Gasteiger partial charge in [0, 0.05) is 11.8 Å². The number of ether oxygens (including phenoxy) is 1. The van der Waals surface area contributed by atoms with Gasteiger partial charge < -0.3 is 10.5 Å². The third-order valence-corrected chi connectivity index (χ3v) is 2.80. The third kappa shape index (κ3) is 3.89. The maximum absolute atomic E-state index is 7.37. The molecule has 0 aromatic carbocycles. The van der Waals surface area contributed by atoms with E-state index in [0.29, 0.717) is 29.0 Å². The Morgan fingerprint density at radius 3 is 2.94 bits per heavy atom. The Morgan fingerprint density at radius 2 is 2.35 bits per heavy atom. The van der Waals surface area contributed by atoms with Gasteiger partial charge in [0.05, 0.1) is 6.61 Å². The molecule has 3 N–H and O–H groups in total. The molecule has 0 radical (unpaired) electrons. The predicted octanol–water partition coefficient (Wildman–Crippen LogP) is 2.83. The molecule has 0 spiro atoms. The van der Waals surface area contributed by atoms with Crippen molar-refractivity contribution >= 4 is 17.4 Å². The molecule has 1 aromatic heterocycles. The minimum atomic E-state index is -0.0798. The van der Waals surface area contributed by atoms with Crippen molar-refractivity contribution in [2.24, 2.45) is 11.7 Å². The maximum atomic E-state index is 7.37. The summed E-state index contributed by atoms with van der Waals surface area (Å²) >= 11 is 6.06. The van der Waals surface area contributed by atoms with Gasteiger partial charge in [0.1, 0.15) is 10.9 Å². The number of hydrogen-bond acceptors (Lipinski definition) is 3. The molecular formula is C12H18ClN3O. The van der Waals surface area contributed by atoms with E-state index < -0.39 is 0 Å². The summed E-state index contributed by atoms with van der Waals surface area (Å²) in [5, 5.41) is 7.67. The van der Waals surface area contributed by atoms with Gasteiger partial charge in [0.15, 0.2) is 0 Å². The Labute approximate surface area is 107 Å². The molecule has 1 aromatic rings. The van der Waals surface area contributed by atoms with Crippen molar-refractivity contribution in [1.82, 2.24) is 4.98 Å². The summed E-state index contributed by atoms with van der Waals surface area (Å²) in [6.07, 6.45) is 3.77. The average molecular weight is 256 g/mol. The molecule has 1 unspecified atom stereocenters. The van der Waals surface area contributed by atoms with Crippen molar-refractivity contribution in [3.63, 3.8) is 0 Å². The fourth-order valence-electron chi connectivity index (χ4n) is 1.53. The highest BCUT2D eigenvalue weighted by atomic mass is 35.5. The molecule has 0 saturated heterocycles. The molecule has 0 amide bonds. The summed E-state index contributed by atoms with van der Waals surface area (Å²) in [7, 11) is 0. The summed E-state index contributed by atoms with van der Waals surface area (Å²) in [4.78, 5) is 4.05. The molecule has 0 fully saturated rings. The zero-order valence-electron chi connectivity index (χ0n) is 10.2. The van der Waals surface area contributed by atoms with Crippen LogP contribution in [0, 0.1) is 11.3 Å². The van der Waals surface area contributed by atoms with Gasteiger partial charge in [-0.1, -0.05) is 31.9 Å². The number of aromatic nitrogens is 1. The minimum Gasteiger partial charge on any atom is -0.476 e. The van der Waals surface area contributed by atoms with Crippen LogP contribution < -0.4 is 10.5 Å². The highest BCUT2D eigenvalue weighted by molar-refractivity contribution is 6.35. The second-order valence-corrected chi connectivity index (χ2v) is 4.47. The van der Waals surface area contributed by atoms with Gasteiger partial charge in [-0.2, -0.15) is 0 Å². The first-order chi connectivity index (χ1) is 8.06. The number of nitrogens with zero attached hydrogens (tertiary/aromatic N) is 1. The second-order valence-electron chi connectivity index (χ2n) is 4.10. The van der Waals surface area contributed by atoms with Crippen molar-refractivity contribution in [3.8, 4) is 5.88 Å². The fraction of sp³-hybridized carbons (Fsp3) is 0.500. The summed E-state index contributed by atoms with van der Waals surface area (Å²) < 4.78 is 5.55. The second kappa shape index (κ2) is 6.45. The quantitative estimate of drug-likeness (QED) is 0.606. The maximum Gasteiger partial charge on any atom is 0.233 e. The molecule has 0 bridgehead atoms. The number of amidine groups is 1. The smallest absolute Gasteiger partial charge is 0.233 e. The van der Waals surface area contributed by atoms with Crippen molar-refractivity contribution in [2.75, 3.05) is 6.61 Å². The first-order valence-corrected chi connectivity index (χ1v) is 6.05. The van der Waals surface area contributed by atoms with Crippen molar-refractivity contribution in [3.05, 3.63) is 22.8 Å². The lowest BCUT2D eigenvalue weighted by molar-refractivity contribution is 0.243. The molecule has 1 heterocycles. The van der Waals surface area contributed by atoms with Crippen LogP contribution in [-0.4, -0.2) is 17.4 Å². The van der Waals surface area contributed by atoms with Gasteiger partial charge in [0.2, 0.25) is 5.88 Å². The van der Waals surface area contributed by atoms with E-state index in [1.54, 1.807) is 12.3 Å². The number of pyridine rings is 1. The van der Waals surface area contributed by atoms with Gasteiger partial charge in [0.25, 0.3) is 0 Å². The molecule has 94 valence electrons. The zero-order valence-corrected chi connectivity index (χ0v) is 10.9. The lowest BCUT2D eigenvalue weighted by Gasteiger charge is -2.13. The van der Waals surface area contributed by atoms with Gasteiger partial charge in [-0.05, 0) is 18.4 Å². The van der Waals surface area contributed by atoms with Crippen molar-refractivity contribution in [1.29, 1.82) is 5.41 Å². The van der Waals surface area contributed by atoms with E-state index in [4.69, 9.17) is 27.5 Å². The highest BCUT2D eigenvalue weighted by Gasteiger charge is 2.12. The molecule has 1 atom stereocenters. The Kier molecular flexibility index (Phi) is 5.22. The fourth-order valence-corrected chi connectivity index (χ4v) is 1.80. The summed E-state index contributed by atoms with van der Waals surface area (Å²) in [5.74, 6) is 0.727. The first kappa shape index (κ1) is 13.8. The Bertz CT molecular complexity index is 395. The summed E-state index contributed by atoms with van der Waals surface area (Å²) in [6, 6.07) is 1.60. The van der Waals surface area contributed by atoms with Gasteiger partial charge >= 0.3 is 0 Å². The summed E-state index contributed by atoms with van der Waals surface area (Å²) in [5.41, 5.74) is 5.86. The van der Waals surface area contributed by atoms with Crippen molar-refractivity contribution in [2.45, 2.75) is 26.7 Å². The van der Waals surface area contributed by atoms with E-state index in [1.165, 1.54) is 0 Å². The topological polar surface area (TPSA) is 72.0 Å². The Hall–Kier alpha value is -1.29. The van der Waals surface area contributed by atoms with Crippen LogP contribution in [0.4, 0.5) is 0 Å². The van der Waals surface area contributed by atoms with Crippen LogP contribution >= 0.6 is 11.6 Å². The molecule has 0 aliphatic carbocycles. The third-order valence-electron chi connectivity index (χ3n) is 2.43. The molecule has 5 heteroatoms. The first-order valence-electron chi connectivity index (χ1n) is 5.68. The lowest BCUT2D eigenvalue weighted by Crippen LogP contribution is -2.14. The SMILES string of the molecule is CCCC(C)COc1nccc(C(=N)N)c1Cl. The van der Waals surface area contributed by atoms with Crippen LogP contribution in [0.5, 0.6) is 5.88 Å². The van der Waals surface area contributed by atoms with Crippen LogP contribution in [0.15, 0.2) is 12.3 Å². The van der Waals surface area contributed by atoms with Crippen LogP contribution in [0.2, 0.25) is 5.02 Å². The largest absolute Gasteiger partial charge is 0.476 e. The molecular weight excluding hydrogens is 238 g/mol. The standard InChI is InChI=1S/C12H18ClN3O/c1-3-4-8(2)7-17-12-10(13)9(11(14)15)5-6-16-12/h5-6,8H,3-4,7H2,1-2H3,(H3,14,15). The van der Waals surface area contributed by atoms with Crippen LogP contribution in [-0.2, 0) is 0 Å². The molecule has 0 aliphatic rings. The number of rotatable bonds is 6. The van der Waals surface area contributed by atoms with Gasteiger partial charge in [-0.3, -0.25) is 5.41 Å².